The highest BCUT2D eigenvalue weighted by atomic mass is 32.2. The van der Waals surface area contributed by atoms with E-state index in [9.17, 15) is 22.4 Å². The summed E-state index contributed by atoms with van der Waals surface area (Å²) in [5, 5.41) is 2.88. The van der Waals surface area contributed by atoms with Crippen LogP contribution >= 0.6 is 0 Å². The molecule has 0 fully saturated rings. The number of hydrogen-bond acceptors (Lipinski definition) is 5. The minimum atomic E-state index is -4.16. The summed E-state index contributed by atoms with van der Waals surface area (Å²) >= 11 is 0. The lowest BCUT2D eigenvalue weighted by atomic mass is 10.1. The average Bonchev–Trinajstić information content (AvgIpc) is 2.96. The number of rotatable bonds is 13. The lowest BCUT2D eigenvalue weighted by Crippen LogP contribution is -2.52. The molecule has 0 spiro atoms. The molecular weight excluding hydrogens is 533 g/mol. The van der Waals surface area contributed by atoms with Gasteiger partial charge in [0, 0.05) is 13.1 Å². The van der Waals surface area contributed by atoms with Crippen molar-refractivity contribution >= 4 is 27.5 Å². The molecule has 1 unspecified atom stereocenters. The predicted molar refractivity (Wildman–Crippen MR) is 153 cm³/mol. The number of sulfonamides is 1. The highest BCUT2D eigenvalue weighted by Crippen LogP contribution is 2.26. The molecule has 0 saturated heterocycles. The number of nitrogens with one attached hydrogen (secondary N) is 1. The minimum Gasteiger partial charge on any atom is -0.497 e. The normalized spacial score (nSPS) is 12.1. The Morgan fingerprint density at radius 2 is 1.57 bits per heavy atom. The Morgan fingerprint density at radius 1 is 0.950 bits per heavy atom. The zero-order valence-corrected chi connectivity index (χ0v) is 24.0. The smallest absolute Gasteiger partial charge is 0.264 e. The molecule has 8 nitrogen and oxygen atoms in total. The van der Waals surface area contributed by atoms with E-state index < -0.39 is 34.3 Å². The molecular formula is C30H36FN3O5S. The van der Waals surface area contributed by atoms with Crippen LogP contribution in [0.3, 0.4) is 0 Å². The molecule has 0 saturated carbocycles. The van der Waals surface area contributed by atoms with Crippen LogP contribution in [0.2, 0.25) is 0 Å². The van der Waals surface area contributed by atoms with Crippen molar-refractivity contribution in [3.8, 4) is 5.75 Å². The molecule has 0 radical (unpaired) electrons. The van der Waals surface area contributed by atoms with Crippen molar-refractivity contribution < 1.29 is 27.1 Å². The van der Waals surface area contributed by atoms with Crippen LogP contribution in [-0.2, 0) is 26.2 Å². The van der Waals surface area contributed by atoms with Gasteiger partial charge in [-0.05, 0) is 66.4 Å². The van der Waals surface area contributed by atoms with Crippen LogP contribution < -0.4 is 14.4 Å². The zero-order chi connectivity index (χ0) is 29.3. The van der Waals surface area contributed by atoms with E-state index in [2.05, 4.69) is 5.32 Å². The first-order valence-electron chi connectivity index (χ1n) is 13.1. The maximum absolute atomic E-state index is 14.0. The number of ether oxygens (including phenoxy) is 1. The van der Waals surface area contributed by atoms with Gasteiger partial charge in [-0.1, -0.05) is 51.1 Å². The molecule has 0 aliphatic rings. The van der Waals surface area contributed by atoms with Crippen molar-refractivity contribution in [2.45, 2.75) is 44.7 Å². The van der Waals surface area contributed by atoms with Gasteiger partial charge in [-0.2, -0.15) is 0 Å². The largest absolute Gasteiger partial charge is 0.497 e. The van der Waals surface area contributed by atoms with E-state index in [-0.39, 0.29) is 29.0 Å². The van der Waals surface area contributed by atoms with E-state index in [1.54, 1.807) is 49.4 Å². The third kappa shape index (κ3) is 7.81. The SMILES string of the molecule is CCC(C(=O)NCC(C)C)N(Cc1ccc(F)cc1)C(=O)CN(c1ccc(OC)cc1)S(=O)(=O)c1ccccc1. The molecule has 10 heteroatoms. The van der Waals surface area contributed by atoms with E-state index in [1.807, 2.05) is 13.8 Å². The first kappa shape index (κ1) is 30.6. The lowest BCUT2D eigenvalue weighted by Gasteiger charge is -2.33. The molecule has 1 atom stereocenters. The van der Waals surface area contributed by atoms with Crippen molar-refractivity contribution in [3.63, 3.8) is 0 Å². The number of carbonyl (C=O) groups is 2. The predicted octanol–water partition coefficient (Wildman–Crippen LogP) is 4.61. The molecule has 3 aromatic rings. The summed E-state index contributed by atoms with van der Waals surface area (Å²) in [7, 11) is -2.66. The number of anilines is 1. The number of amides is 2. The fourth-order valence-electron chi connectivity index (χ4n) is 4.13. The molecule has 214 valence electrons. The first-order chi connectivity index (χ1) is 19.1. The number of methoxy groups -OCH3 is 1. The topological polar surface area (TPSA) is 96.0 Å². The average molecular weight is 570 g/mol. The van der Waals surface area contributed by atoms with E-state index >= 15 is 0 Å². The summed E-state index contributed by atoms with van der Waals surface area (Å²) < 4.78 is 47.4. The number of hydrogen-bond donors (Lipinski definition) is 1. The van der Waals surface area contributed by atoms with Crippen LogP contribution in [0.15, 0.2) is 83.8 Å². The highest BCUT2D eigenvalue weighted by molar-refractivity contribution is 7.92. The van der Waals surface area contributed by atoms with Crippen LogP contribution in [0.5, 0.6) is 5.75 Å². The number of carbonyl (C=O) groups excluding carboxylic acids is 2. The molecule has 0 aliphatic heterocycles. The van der Waals surface area contributed by atoms with Gasteiger partial charge >= 0.3 is 0 Å². The van der Waals surface area contributed by atoms with Crippen LogP contribution in [0.1, 0.15) is 32.8 Å². The molecule has 0 heterocycles. The van der Waals surface area contributed by atoms with E-state index in [4.69, 9.17) is 4.74 Å². The van der Waals surface area contributed by atoms with Gasteiger partial charge in [0.1, 0.15) is 24.2 Å². The Kier molecular flexibility index (Phi) is 10.7. The second-order valence-electron chi connectivity index (χ2n) is 9.73. The van der Waals surface area contributed by atoms with E-state index in [0.717, 1.165) is 4.31 Å². The first-order valence-corrected chi connectivity index (χ1v) is 14.5. The molecule has 3 rings (SSSR count). The number of benzene rings is 3. The summed E-state index contributed by atoms with van der Waals surface area (Å²) in [6.07, 6.45) is 0.296. The third-order valence-electron chi connectivity index (χ3n) is 6.31. The number of halogens is 1. The van der Waals surface area contributed by atoms with E-state index in [0.29, 0.717) is 24.3 Å². The molecule has 40 heavy (non-hydrogen) atoms. The summed E-state index contributed by atoms with van der Waals surface area (Å²) in [5.41, 5.74) is 0.865. The summed E-state index contributed by atoms with van der Waals surface area (Å²) in [6, 6.07) is 18.9. The summed E-state index contributed by atoms with van der Waals surface area (Å²) in [5.74, 6) is -0.620. The molecule has 0 bridgehead atoms. The van der Waals surface area contributed by atoms with Crippen LogP contribution in [0.4, 0.5) is 10.1 Å². The van der Waals surface area contributed by atoms with Gasteiger partial charge in [0.15, 0.2) is 0 Å². The van der Waals surface area contributed by atoms with Crippen molar-refractivity contribution in [1.29, 1.82) is 0 Å². The fourth-order valence-corrected chi connectivity index (χ4v) is 5.56. The van der Waals surface area contributed by atoms with Crippen molar-refractivity contribution in [1.82, 2.24) is 10.2 Å². The van der Waals surface area contributed by atoms with Gasteiger partial charge in [-0.3, -0.25) is 13.9 Å². The van der Waals surface area contributed by atoms with Crippen LogP contribution in [-0.4, -0.2) is 51.4 Å². The monoisotopic (exact) mass is 569 g/mol. The van der Waals surface area contributed by atoms with Crippen molar-refractivity contribution in [2.24, 2.45) is 5.92 Å². The van der Waals surface area contributed by atoms with Crippen LogP contribution in [0, 0.1) is 11.7 Å². The van der Waals surface area contributed by atoms with Crippen molar-refractivity contribution in [3.05, 3.63) is 90.2 Å². The maximum atomic E-state index is 14.0. The Labute approximate surface area is 235 Å². The zero-order valence-electron chi connectivity index (χ0n) is 23.2. The Balaban J connectivity index is 2.03. The summed E-state index contributed by atoms with van der Waals surface area (Å²) in [4.78, 5) is 28.6. The molecule has 3 aromatic carbocycles. The van der Waals surface area contributed by atoms with Gasteiger partial charge in [-0.15, -0.1) is 0 Å². The van der Waals surface area contributed by atoms with Gasteiger partial charge in [0.25, 0.3) is 10.0 Å². The van der Waals surface area contributed by atoms with Gasteiger partial charge < -0.3 is 15.0 Å². The van der Waals surface area contributed by atoms with E-state index in [1.165, 1.54) is 48.4 Å². The molecule has 1 N–H and O–H groups in total. The maximum Gasteiger partial charge on any atom is 0.264 e. The second-order valence-corrected chi connectivity index (χ2v) is 11.6. The van der Waals surface area contributed by atoms with Crippen LogP contribution in [0.25, 0.3) is 0 Å². The Bertz CT molecular complexity index is 1360. The van der Waals surface area contributed by atoms with Gasteiger partial charge in [0.2, 0.25) is 11.8 Å². The van der Waals surface area contributed by atoms with Gasteiger partial charge in [-0.25, -0.2) is 12.8 Å². The second kappa shape index (κ2) is 13.9. The minimum absolute atomic E-state index is 0.00540. The Hall–Kier alpha value is -3.92. The Morgan fingerprint density at radius 3 is 2.12 bits per heavy atom. The fraction of sp³-hybridized carbons (Fsp3) is 0.333. The standard InChI is InChI=1S/C30H36FN3O5S/c1-5-28(30(36)32-19-22(2)3)33(20-23-11-13-24(31)14-12-23)29(35)21-34(25-15-17-26(39-4)18-16-25)40(37,38)27-9-7-6-8-10-27/h6-18,22,28H,5,19-21H2,1-4H3,(H,32,36). The van der Waals surface area contributed by atoms with Crippen molar-refractivity contribution in [2.75, 3.05) is 24.5 Å². The highest BCUT2D eigenvalue weighted by Gasteiger charge is 2.33. The van der Waals surface area contributed by atoms with Gasteiger partial charge in [0.05, 0.1) is 17.7 Å². The third-order valence-corrected chi connectivity index (χ3v) is 8.10. The molecule has 2 amide bonds. The molecule has 0 aliphatic carbocycles. The quantitative estimate of drug-likeness (QED) is 0.324. The molecule has 0 aromatic heterocycles. The lowest BCUT2D eigenvalue weighted by molar-refractivity contribution is -0.140. The summed E-state index contributed by atoms with van der Waals surface area (Å²) in [6.45, 7) is 5.57. The number of nitrogens with zero attached hydrogens (tertiary/aromatic N) is 2.